The fourth-order valence-corrected chi connectivity index (χ4v) is 4.81. The molecule has 2 nitrogen and oxygen atoms in total. The fraction of sp³-hybridized carbons (Fsp3) is 1.00. The number of piperazine rings is 1. The van der Waals surface area contributed by atoms with Gasteiger partial charge >= 0.3 is 0 Å². The summed E-state index contributed by atoms with van der Waals surface area (Å²) in [4.78, 5) is 2.96. The summed E-state index contributed by atoms with van der Waals surface area (Å²) in [6, 6.07) is 1.72. The standard InChI is InChI=1S/C17H30N2/c1-13-11-18-17(9-3-2-4-10-17)12-19(13)16(14-5-6-14)15-7-8-15/h13-16,18H,2-12H2,1H3. The van der Waals surface area contributed by atoms with Gasteiger partial charge in [0.2, 0.25) is 0 Å². The third-order valence-electron chi connectivity index (χ3n) is 6.23. The van der Waals surface area contributed by atoms with Crippen LogP contribution in [0.5, 0.6) is 0 Å². The highest BCUT2D eigenvalue weighted by Crippen LogP contribution is 2.49. The van der Waals surface area contributed by atoms with Crippen molar-refractivity contribution in [3.63, 3.8) is 0 Å². The largest absolute Gasteiger partial charge is 0.308 e. The SMILES string of the molecule is CC1CNC2(CCCCC2)CN1C(C1CC1)C1CC1. The maximum absolute atomic E-state index is 3.95. The van der Waals surface area contributed by atoms with Crippen LogP contribution in [0, 0.1) is 11.8 Å². The highest BCUT2D eigenvalue weighted by atomic mass is 15.3. The lowest BCUT2D eigenvalue weighted by Crippen LogP contribution is -2.66. The Balaban J connectivity index is 1.51. The van der Waals surface area contributed by atoms with Gasteiger partial charge in [-0.3, -0.25) is 4.90 Å². The molecule has 1 spiro atoms. The van der Waals surface area contributed by atoms with Gasteiger partial charge in [0, 0.05) is 30.7 Å². The minimum atomic E-state index is 0.493. The third-order valence-corrected chi connectivity index (χ3v) is 6.23. The Labute approximate surface area is 118 Å². The van der Waals surface area contributed by atoms with Gasteiger partial charge in [-0.05, 0) is 57.3 Å². The molecule has 108 valence electrons. The summed E-state index contributed by atoms with van der Waals surface area (Å²) in [6.45, 7) is 5.04. The van der Waals surface area contributed by atoms with Crippen molar-refractivity contribution in [2.24, 2.45) is 11.8 Å². The Hall–Kier alpha value is -0.0800. The van der Waals surface area contributed by atoms with Gasteiger partial charge in [0.05, 0.1) is 0 Å². The predicted molar refractivity (Wildman–Crippen MR) is 79.2 cm³/mol. The van der Waals surface area contributed by atoms with E-state index in [9.17, 15) is 0 Å². The van der Waals surface area contributed by atoms with Crippen LogP contribution in [0.4, 0.5) is 0 Å². The highest BCUT2D eigenvalue weighted by molar-refractivity contribution is 5.05. The molecule has 19 heavy (non-hydrogen) atoms. The zero-order valence-corrected chi connectivity index (χ0v) is 12.5. The van der Waals surface area contributed by atoms with Gasteiger partial charge < -0.3 is 5.32 Å². The van der Waals surface area contributed by atoms with Crippen LogP contribution in [0.1, 0.15) is 64.7 Å². The lowest BCUT2D eigenvalue weighted by molar-refractivity contribution is 0.0159. The van der Waals surface area contributed by atoms with Gasteiger partial charge in [-0.15, -0.1) is 0 Å². The summed E-state index contributed by atoms with van der Waals surface area (Å²) in [5, 5.41) is 3.95. The second-order valence-corrected chi connectivity index (χ2v) is 7.91. The fourth-order valence-electron chi connectivity index (χ4n) is 4.81. The van der Waals surface area contributed by atoms with E-state index in [1.807, 2.05) is 0 Å². The number of nitrogens with one attached hydrogen (secondary N) is 1. The van der Waals surface area contributed by atoms with Crippen LogP contribution in [0.3, 0.4) is 0 Å². The van der Waals surface area contributed by atoms with Crippen molar-refractivity contribution >= 4 is 0 Å². The summed E-state index contributed by atoms with van der Waals surface area (Å²) in [7, 11) is 0. The molecule has 3 saturated carbocycles. The van der Waals surface area contributed by atoms with Gasteiger partial charge in [0.15, 0.2) is 0 Å². The Bertz CT molecular complexity index is 314. The molecule has 1 atom stereocenters. The summed E-state index contributed by atoms with van der Waals surface area (Å²) < 4.78 is 0. The smallest absolute Gasteiger partial charge is 0.0309 e. The van der Waals surface area contributed by atoms with Crippen molar-refractivity contribution in [2.45, 2.75) is 82.3 Å². The first-order valence-electron chi connectivity index (χ1n) is 8.78. The van der Waals surface area contributed by atoms with Crippen molar-refractivity contribution in [1.29, 1.82) is 0 Å². The van der Waals surface area contributed by atoms with Crippen molar-refractivity contribution in [1.82, 2.24) is 10.2 Å². The third kappa shape index (κ3) is 2.47. The Morgan fingerprint density at radius 3 is 2.21 bits per heavy atom. The molecular formula is C17H30N2. The van der Waals surface area contributed by atoms with E-state index in [0.29, 0.717) is 5.54 Å². The van der Waals surface area contributed by atoms with E-state index in [1.54, 1.807) is 0 Å². The van der Waals surface area contributed by atoms with Gasteiger partial charge in [-0.25, -0.2) is 0 Å². The van der Waals surface area contributed by atoms with Crippen molar-refractivity contribution in [3.8, 4) is 0 Å². The molecule has 1 heterocycles. The van der Waals surface area contributed by atoms with E-state index < -0.39 is 0 Å². The van der Waals surface area contributed by atoms with Crippen LogP contribution in [0.2, 0.25) is 0 Å². The topological polar surface area (TPSA) is 15.3 Å². The second-order valence-electron chi connectivity index (χ2n) is 7.91. The molecule has 0 amide bonds. The highest BCUT2D eigenvalue weighted by Gasteiger charge is 2.49. The minimum absolute atomic E-state index is 0.493. The molecule has 4 rings (SSSR count). The Morgan fingerprint density at radius 1 is 1.00 bits per heavy atom. The number of nitrogens with zero attached hydrogens (tertiary/aromatic N) is 1. The summed E-state index contributed by atoms with van der Waals surface area (Å²) in [5.41, 5.74) is 0.493. The zero-order chi connectivity index (χ0) is 12.9. The summed E-state index contributed by atoms with van der Waals surface area (Å²) in [6.07, 6.45) is 13.3. The van der Waals surface area contributed by atoms with E-state index in [4.69, 9.17) is 0 Å². The number of hydrogen-bond acceptors (Lipinski definition) is 2. The molecule has 1 N–H and O–H groups in total. The summed E-state index contributed by atoms with van der Waals surface area (Å²) in [5.74, 6) is 2.13. The Morgan fingerprint density at radius 2 is 1.63 bits per heavy atom. The average molecular weight is 262 g/mol. The second kappa shape index (κ2) is 4.73. The van der Waals surface area contributed by atoms with E-state index in [1.165, 1.54) is 70.9 Å². The van der Waals surface area contributed by atoms with Crippen LogP contribution in [0.25, 0.3) is 0 Å². The normalized spacial score (nSPS) is 36.0. The van der Waals surface area contributed by atoms with Crippen molar-refractivity contribution < 1.29 is 0 Å². The molecule has 0 radical (unpaired) electrons. The van der Waals surface area contributed by atoms with E-state index in [2.05, 4.69) is 17.1 Å². The molecule has 1 saturated heterocycles. The lowest BCUT2D eigenvalue weighted by atomic mass is 9.78. The summed E-state index contributed by atoms with van der Waals surface area (Å²) >= 11 is 0. The number of hydrogen-bond donors (Lipinski definition) is 1. The molecule has 0 bridgehead atoms. The molecule has 0 aromatic carbocycles. The molecule has 2 heteroatoms. The van der Waals surface area contributed by atoms with Crippen LogP contribution in [-0.4, -0.2) is 35.6 Å². The first-order chi connectivity index (χ1) is 9.27. The monoisotopic (exact) mass is 262 g/mol. The van der Waals surface area contributed by atoms with Crippen molar-refractivity contribution in [2.75, 3.05) is 13.1 Å². The van der Waals surface area contributed by atoms with Gasteiger partial charge in [-0.1, -0.05) is 19.3 Å². The molecule has 1 aliphatic heterocycles. The van der Waals surface area contributed by atoms with E-state index in [0.717, 1.165) is 23.9 Å². The quantitative estimate of drug-likeness (QED) is 0.840. The van der Waals surface area contributed by atoms with Gasteiger partial charge in [-0.2, -0.15) is 0 Å². The molecule has 0 aromatic rings. The number of rotatable bonds is 3. The predicted octanol–water partition coefficient (Wildman–Crippen LogP) is 3.17. The molecule has 4 aliphatic rings. The molecular weight excluding hydrogens is 232 g/mol. The molecule has 3 aliphatic carbocycles. The maximum atomic E-state index is 3.95. The van der Waals surface area contributed by atoms with Gasteiger partial charge in [0.25, 0.3) is 0 Å². The van der Waals surface area contributed by atoms with Gasteiger partial charge in [0.1, 0.15) is 0 Å². The van der Waals surface area contributed by atoms with E-state index >= 15 is 0 Å². The van der Waals surface area contributed by atoms with E-state index in [-0.39, 0.29) is 0 Å². The van der Waals surface area contributed by atoms with Crippen LogP contribution < -0.4 is 5.32 Å². The van der Waals surface area contributed by atoms with Crippen LogP contribution in [0.15, 0.2) is 0 Å². The molecule has 0 aromatic heterocycles. The average Bonchev–Trinajstić information content (AvgIpc) is 3.29. The Kier molecular flexibility index (Phi) is 3.15. The van der Waals surface area contributed by atoms with Crippen LogP contribution >= 0.6 is 0 Å². The first-order valence-corrected chi connectivity index (χ1v) is 8.78. The van der Waals surface area contributed by atoms with Crippen molar-refractivity contribution in [3.05, 3.63) is 0 Å². The van der Waals surface area contributed by atoms with Crippen LogP contribution in [-0.2, 0) is 0 Å². The lowest BCUT2D eigenvalue weighted by Gasteiger charge is -2.51. The maximum Gasteiger partial charge on any atom is 0.0309 e. The first kappa shape index (κ1) is 12.6. The zero-order valence-electron chi connectivity index (χ0n) is 12.5. The molecule has 1 unspecified atom stereocenters. The minimum Gasteiger partial charge on any atom is -0.308 e. The molecule has 4 fully saturated rings.